The Morgan fingerprint density at radius 3 is 2.50 bits per heavy atom. The van der Waals surface area contributed by atoms with Crippen LogP contribution in [-0.2, 0) is 11.3 Å². The predicted molar refractivity (Wildman–Crippen MR) is 83.7 cm³/mol. The average molecular weight is 293 g/mol. The highest BCUT2D eigenvalue weighted by Crippen LogP contribution is 2.21. The maximum Gasteiger partial charge on any atom is 0.263 e. The third-order valence-corrected chi connectivity index (χ3v) is 2.94. The fraction of sp³-hybridized carbons (Fsp3) is 0.0588. The van der Waals surface area contributed by atoms with Crippen LogP contribution < -0.4 is 10.6 Å². The fourth-order valence-electron chi connectivity index (χ4n) is 1.77. The van der Waals surface area contributed by atoms with E-state index >= 15 is 0 Å². The zero-order chi connectivity index (χ0) is 15.8. The smallest absolute Gasteiger partial charge is 0.263 e. The summed E-state index contributed by atoms with van der Waals surface area (Å²) in [5.41, 5.74) is 1.30. The molecular formula is C17H15N3O2. The number of anilines is 1. The van der Waals surface area contributed by atoms with Crippen LogP contribution in [0.25, 0.3) is 0 Å². The molecule has 0 radical (unpaired) electrons. The second kappa shape index (κ2) is 7.50. The van der Waals surface area contributed by atoms with Gasteiger partial charge in [-0.05, 0) is 17.7 Å². The van der Waals surface area contributed by atoms with Crippen molar-refractivity contribution < 1.29 is 9.90 Å². The number of rotatable bonds is 5. The predicted octanol–water partition coefficient (Wildman–Crippen LogP) is 2.53. The van der Waals surface area contributed by atoms with Crippen LogP contribution in [0.1, 0.15) is 5.56 Å². The lowest BCUT2D eigenvalue weighted by atomic mass is 10.2. The van der Waals surface area contributed by atoms with Gasteiger partial charge in [-0.15, -0.1) is 0 Å². The molecule has 5 nitrogen and oxygen atoms in total. The summed E-state index contributed by atoms with van der Waals surface area (Å²) in [7, 11) is 0. The van der Waals surface area contributed by atoms with E-state index in [1.54, 1.807) is 18.2 Å². The zero-order valence-corrected chi connectivity index (χ0v) is 11.8. The summed E-state index contributed by atoms with van der Waals surface area (Å²) >= 11 is 0. The lowest BCUT2D eigenvalue weighted by molar-refractivity contribution is -0.117. The highest BCUT2D eigenvalue weighted by Gasteiger charge is 2.08. The molecule has 2 rings (SSSR count). The molecule has 2 aromatic carbocycles. The van der Waals surface area contributed by atoms with Gasteiger partial charge in [0.05, 0.1) is 5.69 Å². The number of aromatic hydroxyl groups is 1. The molecule has 0 bridgehead atoms. The van der Waals surface area contributed by atoms with Gasteiger partial charge in [0.1, 0.15) is 17.4 Å². The van der Waals surface area contributed by atoms with Crippen LogP contribution in [0.2, 0.25) is 0 Å². The van der Waals surface area contributed by atoms with Gasteiger partial charge in [-0.3, -0.25) is 4.79 Å². The van der Waals surface area contributed by atoms with Crippen molar-refractivity contribution in [1.29, 1.82) is 5.26 Å². The molecule has 0 aliphatic carbocycles. The number of benzene rings is 2. The molecule has 2 aromatic rings. The van der Waals surface area contributed by atoms with Crippen molar-refractivity contribution in [3.05, 3.63) is 71.9 Å². The van der Waals surface area contributed by atoms with Crippen LogP contribution in [0.3, 0.4) is 0 Å². The molecule has 0 aliphatic rings. The minimum absolute atomic E-state index is 0.0423. The Morgan fingerprint density at radius 1 is 1.14 bits per heavy atom. The van der Waals surface area contributed by atoms with Crippen LogP contribution in [0.15, 0.2) is 66.4 Å². The number of phenolic OH excluding ortho intramolecular Hbond substituents is 1. The van der Waals surface area contributed by atoms with Crippen LogP contribution in [0, 0.1) is 11.3 Å². The number of para-hydroxylation sites is 2. The van der Waals surface area contributed by atoms with E-state index in [9.17, 15) is 9.90 Å². The summed E-state index contributed by atoms with van der Waals surface area (Å²) in [6, 6.07) is 17.8. The molecule has 0 saturated heterocycles. The van der Waals surface area contributed by atoms with Crippen LogP contribution in [-0.4, -0.2) is 11.0 Å². The van der Waals surface area contributed by atoms with Crippen molar-refractivity contribution in [2.45, 2.75) is 6.54 Å². The minimum Gasteiger partial charge on any atom is -0.506 e. The maximum absolute atomic E-state index is 11.9. The molecule has 0 atom stereocenters. The molecular weight excluding hydrogens is 278 g/mol. The number of hydrogen-bond donors (Lipinski definition) is 3. The Bertz CT molecular complexity index is 718. The van der Waals surface area contributed by atoms with Gasteiger partial charge in [-0.2, -0.15) is 5.26 Å². The molecule has 22 heavy (non-hydrogen) atoms. The number of nitrogens with one attached hydrogen (secondary N) is 2. The first-order valence-electron chi connectivity index (χ1n) is 6.67. The first-order valence-corrected chi connectivity index (χ1v) is 6.67. The molecule has 5 heteroatoms. The summed E-state index contributed by atoms with van der Waals surface area (Å²) < 4.78 is 0. The number of phenols is 1. The van der Waals surface area contributed by atoms with Gasteiger partial charge in [0, 0.05) is 12.7 Å². The molecule has 0 unspecified atom stereocenters. The minimum atomic E-state index is -0.478. The monoisotopic (exact) mass is 293 g/mol. The van der Waals surface area contributed by atoms with E-state index in [0.717, 1.165) is 5.56 Å². The summed E-state index contributed by atoms with van der Waals surface area (Å²) in [4.78, 5) is 11.9. The Labute approximate surface area is 128 Å². The number of nitrogens with zero attached hydrogens (tertiary/aromatic N) is 1. The number of carbonyl (C=O) groups is 1. The lowest BCUT2D eigenvalue weighted by Crippen LogP contribution is -2.24. The summed E-state index contributed by atoms with van der Waals surface area (Å²) in [6.45, 7) is 0.343. The molecule has 0 aliphatic heterocycles. The van der Waals surface area contributed by atoms with Gasteiger partial charge >= 0.3 is 0 Å². The van der Waals surface area contributed by atoms with Gasteiger partial charge in [0.2, 0.25) is 0 Å². The Morgan fingerprint density at radius 2 is 1.82 bits per heavy atom. The van der Waals surface area contributed by atoms with Gasteiger partial charge in [-0.25, -0.2) is 0 Å². The van der Waals surface area contributed by atoms with E-state index in [0.29, 0.717) is 12.2 Å². The van der Waals surface area contributed by atoms with Crippen LogP contribution in [0.4, 0.5) is 5.69 Å². The molecule has 0 spiro atoms. The van der Waals surface area contributed by atoms with Crippen molar-refractivity contribution in [2.24, 2.45) is 0 Å². The fourth-order valence-corrected chi connectivity index (χ4v) is 1.77. The number of amides is 1. The summed E-state index contributed by atoms with van der Waals surface area (Å²) in [5, 5.41) is 24.1. The van der Waals surface area contributed by atoms with E-state index in [1.807, 2.05) is 36.4 Å². The second-order valence-electron chi connectivity index (χ2n) is 4.50. The van der Waals surface area contributed by atoms with E-state index in [2.05, 4.69) is 10.6 Å². The molecule has 0 saturated carbocycles. The van der Waals surface area contributed by atoms with Crippen molar-refractivity contribution in [1.82, 2.24) is 5.32 Å². The third kappa shape index (κ3) is 4.12. The van der Waals surface area contributed by atoms with Crippen LogP contribution in [0.5, 0.6) is 5.75 Å². The van der Waals surface area contributed by atoms with E-state index < -0.39 is 5.91 Å². The standard InChI is InChI=1S/C17H15N3O2/c18-10-14(12-19-15-8-4-5-9-16(15)21)17(22)20-11-13-6-2-1-3-7-13/h1-9,12,19,21H,11H2,(H,20,22)/b14-12-. The van der Waals surface area contributed by atoms with E-state index in [4.69, 9.17) is 5.26 Å². The van der Waals surface area contributed by atoms with Crippen molar-refractivity contribution in [3.63, 3.8) is 0 Å². The molecule has 1 amide bonds. The SMILES string of the molecule is N#C/C(=C/Nc1ccccc1O)C(=O)NCc1ccccc1. The molecule has 0 heterocycles. The topological polar surface area (TPSA) is 85.2 Å². The second-order valence-corrected chi connectivity index (χ2v) is 4.50. The lowest BCUT2D eigenvalue weighted by Gasteiger charge is -2.06. The number of nitriles is 1. The van der Waals surface area contributed by atoms with Crippen molar-refractivity contribution >= 4 is 11.6 Å². The Hall–Kier alpha value is -3.26. The Balaban J connectivity index is 1.99. The highest BCUT2D eigenvalue weighted by molar-refractivity contribution is 5.97. The first-order chi connectivity index (χ1) is 10.7. The highest BCUT2D eigenvalue weighted by atomic mass is 16.3. The van der Waals surface area contributed by atoms with Crippen molar-refractivity contribution in [3.8, 4) is 11.8 Å². The number of carbonyl (C=O) groups excluding carboxylic acids is 1. The van der Waals surface area contributed by atoms with E-state index in [1.165, 1.54) is 12.3 Å². The van der Waals surface area contributed by atoms with Gasteiger partial charge in [0.25, 0.3) is 5.91 Å². The average Bonchev–Trinajstić information content (AvgIpc) is 2.56. The van der Waals surface area contributed by atoms with Gasteiger partial charge in [-0.1, -0.05) is 42.5 Å². The van der Waals surface area contributed by atoms with Crippen LogP contribution >= 0.6 is 0 Å². The quantitative estimate of drug-likeness (QED) is 0.449. The largest absolute Gasteiger partial charge is 0.506 e. The molecule has 0 aromatic heterocycles. The summed E-state index contributed by atoms with van der Waals surface area (Å²) in [6.07, 6.45) is 1.27. The van der Waals surface area contributed by atoms with Gasteiger partial charge in [0.15, 0.2) is 0 Å². The Kier molecular flexibility index (Phi) is 5.16. The van der Waals surface area contributed by atoms with E-state index in [-0.39, 0.29) is 11.3 Å². The maximum atomic E-state index is 11.9. The number of hydrogen-bond acceptors (Lipinski definition) is 4. The molecule has 3 N–H and O–H groups in total. The van der Waals surface area contributed by atoms with Crippen molar-refractivity contribution in [2.75, 3.05) is 5.32 Å². The normalized spacial score (nSPS) is 10.6. The summed E-state index contributed by atoms with van der Waals surface area (Å²) in [5.74, 6) is -0.435. The molecule has 110 valence electrons. The van der Waals surface area contributed by atoms with Gasteiger partial charge < -0.3 is 15.7 Å². The third-order valence-electron chi connectivity index (χ3n) is 2.94. The zero-order valence-electron chi connectivity index (χ0n) is 11.8. The first kappa shape index (κ1) is 15.1. The molecule has 0 fully saturated rings.